The topological polar surface area (TPSA) is 55.8 Å². The molecule has 5 heteroatoms. The van der Waals surface area contributed by atoms with E-state index in [4.69, 9.17) is 9.47 Å². The lowest BCUT2D eigenvalue weighted by molar-refractivity contribution is -0.145. The molecule has 0 unspecified atom stereocenters. The highest BCUT2D eigenvalue weighted by atomic mass is 16.5. The maximum Gasteiger partial charge on any atom is 0.307 e. The lowest BCUT2D eigenvalue weighted by Crippen LogP contribution is -2.38. The smallest absolute Gasteiger partial charge is 0.307 e. The molecule has 1 aliphatic rings. The van der Waals surface area contributed by atoms with E-state index < -0.39 is 0 Å². The monoisotopic (exact) mass is 347 g/mol. The fourth-order valence-electron chi connectivity index (χ4n) is 3.29. The first-order valence-electron chi connectivity index (χ1n) is 9.21. The van der Waals surface area contributed by atoms with Gasteiger partial charge in [0.15, 0.2) is 0 Å². The summed E-state index contributed by atoms with van der Waals surface area (Å²) in [6.45, 7) is 3.08. The molecule has 0 N–H and O–H groups in total. The van der Waals surface area contributed by atoms with Crippen LogP contribution in [-0.4, -0.2) is 37.0 Å². The molecular weight excluding hydrogens is 318 g/mol. The van der Waals surface area contributed by atoms with Gasteiger partial charge < -0.3 is 14.4 Å². The molecular formula is C20H29NO4. The number of nitrogens with zero attached hydrogens (tertiary/aromatic N) is 1. The molecule has 0 spiro atoms. The lowest BCUT2D eigenvalue weighted by Gasteiger charge is -2.29. The van der Waals surface area contributed by atoms with Gasteiger partial charge in [0.05, 0.1) is 20.1 Å². The predicted octanol–water partition coefficient (Wildman–Crippen LogP) is 3.56. The number of carbonyl (C=O) groups is 2. The van der Waals surface area contributed by atoms with Crippen LogP contribution >= 0.6 is 0 Å². The molecule has 1 aliphatic carbocycles. The summed E-state index contributed by atoms with van der Waals surface area (Å²) < 4.78 is 10.2. The standard InChI is InChI=1S/C20H29NO4/c1-3-25-19(22)13-14-21(20(23)17-7-5-4-6-8-17)15-16-9-11-18(24-2)12-10-16/h9-12,17H,3-8,13-15H2,1-2H3. The first kappa shape index (κ1) is 19.3. The van der Waals surface area contributed by atoms with Crippen molar-refractivity contribution in [3.8, 4) is 5.75 Å². The largest absolute Gasteiger partial charge is 0.497 e. The zero-order chi connectivity index (χ0) is 18.1. The zero-order valence-electron chi connectivity index (χ0n) is 15.3. The number of benzene rings is 1. The van der Waals surface area contributed by atoms with Gasteiger partial charge in [0, 0.05) is 19.0 Å². The van der Waals surface area contributed by atoms with Crippen molar-refractivity contribution >= 4 is 11.9 Å². The second-order valence-corrected chi connectivity index (χ2v) is 6.50. The minimum atomic E-state index is -0.251. The van der Waals surface area contributed by atoms with E-state index in [0.29, 0.717) is 19.7 Å². The van der Waals surface area contributed by atoms with E-state index in [-0.39, 0.29) is 24.2 Å². The summed E-state index contributed by atoms with van der Waals surface area (Å²) in [6.07, 6.45) is 5.59. The molecule has 0 bridgehead atoms. The van der Waals surface area contributed by atoms with Crippen molar-refractivity contribution in [3.05, 3.63) is 29.8 Å². The minimum Gasteiger partial charge on any atom is -0.497 e. The van der Waals surface area contributed by atoms with Crippen LogP contribution < -0.4 is 4.74 Å². The normalized spacial score (nSPS) is 14.8. The molecule has 1 aromatic rings. The second-order valence-electron chi connectivity index (χ2n) is 6.50. The number of esters is 1. The Kier molecular flexibility index (Phi) is 7.76. The Balaban J connectivity index is 2.03. The molecule has 1 amide bonds. The van der Waals surface area contributed by atoms with Crippen LogP contribution in [0.15, 0.2) is 24.3 Å². The number of rotatable bonds is 8. The third-order valence-corrected chi connectivity index (χ3v) is 4.69. The fourth-order valence-corrected chi connectivity index (χ4v) is 3.29. The molecule has 1 fully saturated rings. The summed E-state index contributed by atoms with van der Waals surface area (Å²) >= 11 is 0. The van der Waals surface area contributed by atoms with Crippen molar-refractivity contribution in [1.82, 2.24) is 4.90 Å². The van der Waals surface area contributed by atoms with E-state index in [1.807, 2.05) is 29.2 Å². The molecule has 138 valence electrons. The van der Waals surface area contributed by atoms with Gasteiger partial charge in [0.1, 0.15) is 5.75 Å². The van der Waals surface area contributed by atoms with Gasteiger partial charge in [0.2, 0.25) is 5.91 Å². The van der Waals surface area contributed by atoms with Crippen LogP contribution in [0.25, 0.3) is 0 Å². The van der Waals surface area contributed by atoms with Gasteiger partial charge >= 0.3 is 5.97 Å². The number of ether oxygens (including phenoxy) is 2. The molecule has 1 saturated carbocycles. The Morgan fingerprint density at radius 1 is 1.12 bits per heavy atom. The Bertz CT molecular complexity index is 549. The van der Waals surface area contributed by atoms with Crippen LogP contribution in [0.1, 0.15) is 51.0 Å². The summed E-state index contributed by atoms with van der Waals surface area (Å²) in [4.78, 5) is 26.5. The van der Waals surface area contributed by atoms with Crippen LogP contribution in [0.4, 0.5) is 0 Å². The summed E-state index contributed by atoms with van der Waals surface area (Å²) in [6, 6.07) is 7.71. The van der Waals surface area contributed by atoms with Crippen molar-refractivity contribution in [1.29, 1.82) is 0 Å². The van der Waals surface area contributed by atoms with Crippen molar-refractivity contribution in [2.75, 3.05) is 20.3 Å². The summed E-state index contributed by atoms with van der Waals surface area (Å²) in [5.41, 5.74) is 1.04. The van der Waals surface area contributed by atoms with Gasteiger partial charge in [0.25, 0.3) is 0 Å². The van der Waals surface area contributed by atoms with Gasteiger partial charge in [-0.1, -0.05) is 31.4 Å². The maximum atomic E-state index is 12.9. The van der Waals surface area contributed by atoms with Crippen LogP contribution in [0.2, 0.25) is 0 Å². The van der Waals surface area contributed by atoms with Crippen LogP contribution in [0.5, 0.6) is 5.75 Å². The number of methoxy groups -OCH3 is 1. The van der Waals surface area contributed by atoms with Crippen molar-refractivity contribution in [2.45, 2.75) is 52.0 Å². The van der Waals surface area contributed by atoms with Gasteiger partial charge in [-0.15, -0.1) is 0 Å². The van der Waals surface area contributed by atoms with Gasteiger partial charge in [-0.25, -0.2) is 0 Å². The predicted molar refractivity (Wildman–Crippen MR) is 96.2 cm³/mol. The van der Waals surface area contributed by atoms with Gasteiger partial charge in [-0.05, 0) is 37.5 Å². The highest BCUT2D eigenvalue weighted by Gasteiger charge is 2.26. The number of carbonyl (C=O) groups excluding carboxylic acids is 2. The summed E-state index contributed by atoms with van der Waals surface area (Å²) in [7, 11) is 1.63. The molecule has 25 heavy (non-hydrogen) atoms. The van der Waals surface area contributed by atoms with E-state index in [9.17, 15) is 9.59 Å². The SMILES string of the molecule is CCOC(=O)CCN(Cc1ccc(OC)cc1)C(=O)C1CCCCC1. The molecule has 0 aromatic heterocycles. The van der Waals surface area contributed by atoms with E-state index >= 15 is 0 Å². The molecule has 0 aliphatic heterocycles. The number of amides is 1. The first-order chi connectivity index (χ1) is 12.1. The fraction of sp³-hybridized carbons (Fsp3) is 0.600. The Morgan fingerprint density at radius 2 is 1.80 bits per heavy atom. The zero-order valence-corrected chi connectivity index (χ0v) is 15.3. The average molecular weight is 347 g/mol. The molecule has 0 radical (unpaired) electrons. The van der Waals surface area contributed by atoms with Gasteiger partial charge in [-0.3, -0.25) is 9.59 Å². The Labute approximate surface area is 150 Å². The third-order valence-electron chi connectivity index (χ3n) is 4.69. The highest BCUT2D eigenvalue weighted by Crippen LogP contribution is 2.26. The van der Waals surface area contributed by atoms with Crippen molar-refractivity contribution in [3.63, 3.8) is 0 Å². The first-order valence-corrected chi connectivity index (χ1v) is 9.21. The van der Waals surface area contributed by atoms with Crippen LogP contribution in [-0.2, 0) is 20.9 Å². The quantitative estimate of drug-likeness (QED) is 0.675. The third kappa shape index (κ3) is 6.07. The Morgan fingerprint density at radius 3 is 2.40 bits per heavy atom. The molecule has 0 saturated heterocycles. The maximum absolute atomic E-state index is 12.9. The van der Waals surface area contributed by atoms with Crippen molar-refractivity contribution < 1.29 is 19.1 Å². The molecule has 0 atom stereocenters. The van der Waals surface area contributed by atoms with E-state index in [0.717, 1.165) is 37.0 Å². The Hall–Kier alpha value is -2.04. The average Bonchev–Trinajstić information content (AvgIpc) is 2.66. The van der Waals surface area contributed by atoms with E-state index in [2.05, 4.69) is 0 Å². The molecule has 1 aromatic carbocycles. The van der Waals surface area contributed by atoms with Crippen LogP contribution in [0, 0.1) is 5.92 Å². The molecule has 0 heterocycles. The van der Waals surface area contributed by atoms with E-state index in [1.54, 1.807) is 14.0 Å². The lowest BCUT2D eigenvalue weighted by atomic mass is 9.88. The summed E-state index contributed by atoms with van der Waals surface area (Å²) in [5.74, 6) is 0.799. The number of hydrogen-bond donors (Lipinski definition) is 0. The minimum absolute atomic E-state index is 0.0918. The van der Waals surface area contributed by atoms with Crippen LogP contribution in [0.3, 0.4) is 0 Å². The van der Waals surface area contributed by atoms with E-state index in [1.165, 1.54) is 6.42 Å². The molecule has 2 rings (SSSR count). The molecule has 5 nitrogen and oxygen atoms in total. The highest BCUT2D eigenvalue weighted by molar-refractivity contribution is 5.79. The summed E-state index contributed by atoms with van der Waals surface area (Å²) in [5, 5.41) is 0. The second kappa shape index (κ2) is 10.1. The van der Waals surface area contributed by atoms with Crippen molar-refractivity contribution in [2.24, 2.45) is 5.92 Å². The van der Waals surface area contributed by atoms with Gasteiger partial charge in [-0.2, -0.15) is 0 Å². The number of hydrogen-bond acceptors (Lipinski definition) is 4.